The minimum atomic E-state index is -0.168. The Bertz CT molecular complexity index is 1600. The zero-order valence-corrected chi connectivity index (χ0v) is 23.8. The topological polar surface area (TPSA) is 83.8 Å². The number of allylic oxidation sites excluding steroid dienone is 4. The van der Waals surface area contributed by atoms with Crippen LogP contribution in [0.1, 0.15) is 42.2 Å². The number of aromatic nitrogens is 3. The summed E-state index contributed by atoms with van der Waals surface area (Å²) in [6.07, 6.45) is 7.34. The van der Waals surface area contributed by atoms with Gasteiger partial charge in [-0.15, -0.1) is 5.10 Å². The van der Waals surface area contributed by atoms with Crippen molar-refractivity contribution in [3.8, 4) is 5.75 Å². The Morgan fingerprint density at radius 2 is 1.85 bits per heavy atom. The second-order valence-electron chi connectivity index (χ2n) is 10.5. The first-order chi connectivity index (χ1) is 20.0. The highest BCUT2D eigenvalue weighted by Gasteiger charge is 2.21. The van der Waals surface area contributed by atoms with E-state index < -0.39 is 0 Å². The van der Waals surface area contributed by atoms with Gasteiger partial charge >= 0.3 is 0 Å². The molecule has 2 aromatic heterocycles. The van der Waals surface area contributed by atoms with Crippen LogP contribution in [-0.2, 0) is 0 Å². The Kier molecular flexibility index (Phi) is 8.02. The van der Waals surface area contributed by atoms with E-state index in [1.807, 2.05) is 59.1 Å². The maximum Gasteiger partial charge on any atom is 0.255 e. The van der Waals surface area contributed by atoms with Gasteiger partial charge in [0, 0.05) is 34.4 Å². The molecule has 1 unspecified atom stereocenters. The number of nitrogens with zero attached hydrogens (tertiary/aromatic N) is 4. The Labute approximate surface area is 244 Å². The average Bonchev–Trinajstić information content (AvgIpc) is 3.65. The maximum atomic E-state index is 12.7. The fourth-order valence-corrected chi connectivity index (χ4v) is 5.50. The first-order valence-electron chi connectivity index (χ1n) is 14.1. The number of pyridine rings is 1. The summed E-state index contributed by atoms with van der Waals surface area (Å²) >= 11 is 6.06. The van der Waals surface area contributed by atoms with Crippen LogP contribution < -0.4 is 15.4 Å². The summed E-state index contributed by atoms with van der Waals surface area (Å²) in [4.78, 5) is 19.9. The fourth-order valence-electron chi connectivity index (χ4n) is 5.31. The minimum absolute atomic E-state index is 0.116. The summed E-state index contributed by atoms with van der Waals surface area (Å²) in [6, 6.07) is 20.8. The van der Waals surface area contributed by atoms with Crippen molar-refractivity contribution in [1.29, 1.82) is 0 Å². The van der Waals surface area contributed by atoms with Crippen LogP contribution in [0.4, 0.5) is 11.6 Å². The Morgan fingerprint density at radius 1 is 1.05 bits per heavy atom. The number of anilines is 2. The lowest BCUT2D eigenvalue weighted by Crippen LogP contribution is -2.27. The predicted octanol–water partition coefficient (Wildman–Crippen LogP) is 6.34. The Balaban J connectivity index is 1.12. The number of halogens is 1. The largest absolute Gasteiger partial charge is 0.492 e. The Hall–Kier alpha value is -4.14. The van der Waals surface area contributed by atoms with Crippen molar-refractivity contribution in [3.63, 3.8) is 0 Å². The van der Waals surface area contributed by atoms with E-state index in [0.29, 0.717) is 23.1 Å². The van der Waals surface area contributed by atoms with E-state index in [1.165, 1.54) is 25.9 Å². The summed E-state index contributed by atoms with van der Waals surface area (Å²) in [5.41, 5.74) is 5.14. The molecule has 2 aliphatic rings. The summed E-state index contributed by atoms with van der Waals surface area (Å²) in [6.45, 7) is 6.12. The van der Waals surface area contributed by atoms with Crippen LogP contribution in [0, 0.1) is 5.92 Å². The number of nitrogens with one attached hydrogen (secondary N) is 2. The second kappa shape index (κ2) is 12.2. The number of likely N-dealkylation sites (tertiary alicyclic amines) is 1. The van der Waals surface area contributed by atoms with Crippen LogP contribution in [-0.4, -0.2) is 51.6 Å². The molecule has 9 heteroatoms. The molecule has 1 saturated heterocycles. The minimum Gasteiger partial charge on any atom is -0.492 e. The highest BCUT2D eigenvalue weighted by molar-refractivity contribution is 6.31. The highest BCUT2D eigenvalue weighted by Crippen LogP contribution is 2.31. The third kappa shape index (κ3) is 6.45. The van der Waals surface area contributed by atoms with E-state index >= 15 is 0 Å². The third-order valence-electron chi connectivity index (χ3n) is 7.54. The van der Waals surface area contributed by atoms with Crippen molar-refractivity contribution in [2.75, 3.05) is 31.6 Å². The summed E-state index contributed by atoms with van der Waals surface area (Å²) < 4.78 is 7.79. The molecule has 1 aliphatic heterocycles. The van der Waals surface area contributed by atoms with Crippen LogP contribution in [0.5, 0.6) is 5.75 Å². The molecule has 3 heterocycles. The van der Waals surface area contributed by atoms with E-state index in [4.69, 9.17) is 21.4 Å². The van der Waals surface area contributed by atoms with Crippen molar-refractivity contribution in [1.82, 2.24) is 24.8 Å². The van der Waals surface area contributed by atoms with Crippen LogP contribution in [0.15, 0.2) is 84.6 Å². The summed E-state index contributed by atoms with van der Waals surface area (Å²) in [7, 11) is 0. The molecule has 1 amide bonds. The molecule has 0 radical (unpaired) electrons. The molecule has 8 nitrogen and oxygen atoms in total. The summed E-state index contributed by atoms with van der Waals surface area (Å²) in [5.74, 6) is 1.33. The van der Waals surface area contributed by atoms with E-state index in [1.54, 1.807) is 24.3 Å². The van der Waals surface area contributed by atoms with Gasteiger partial charge in [-0.05, 0) is 98.6 Å². The third-order valence-corrected chi connectivity index (χ3v) is 7.78. The lowest BCUT2D eigenvalue weighted by Gasteiger charge is -2.22. The van der Waals surface area contributed by atoms with Gasteiger partial charge in [-0.25, -0.2) is 4.52 Å². The molecule has 0 saturated carbocycles. The number of ether oxygens (including phenoxy) is 1. The van der Waals surface area contributed by atoms with Crippen LogP contribution >= 0.6 is 11.6 Å². The number of benzene rings is 2. The lowest BCUT2D eigenvalue weighted by molar-refractivity contribution is 0.0962. The zero-order valence-electron chi connectivity index (χ0n) is 23.0. The molecule has 0 spiro atoms. The normalized spacial score (nSPS) is 17.3. The molecule has 2 N–H and O–H groups in total. The van der Waals surface area contributed by atoms with Gasteiger partial charge in [-0.1, -0.05) is 36.7 Å². The van der Waals surface area contributed by atoms with Gasteiger partial charge in [0.25, 0.3) is 5.91 Å². The van der Waals surface area contributed by atoms with Gasteiger partial charge in [0.2, 0.25) is 5.95 Å². The standard InChI is InChI=1S/C32H33ClN6O2/c1-22-20-23(10-15-28(22)35-31(40)24-6-4-7-25(33)21-24)29-8-5-9-30-36-32(37-39(29)30)34-26-11-13-27(14-12-26)41-19-18-38-16-2-3-17-38/h4-15,21-22H,2-3,16-20H2,1H3,(H,34,37)(H,35,40). The quantitative estimate of drug-likeness (QED) is 0.245. The van der Waals surface area contributed by atoms with Crippen LogP contribution in [0.25, 0.3) is 11.2 Å². The predicted molar refractivity (Wildman–Crippen MR) is 163 cm³/mol. The second-order valence-corrected chi connectivity index (χ2v) is 11.0. The number of amides is 1. The maximum absolute atomic E-state index is 12.7. The molecule has 1 atom stereocenters. The molecule has 2 aromatic carbocycles. The first kappa shape index (κ1) is 27.1. The number of rotatable bonds is 9. The molecule has 6 rings (SSSR count). The summed E-state index contributed by atoms with van der Waals surface area (Å²) in [5, 5.41) is 11.6. The first-order valence-corrected chi connectivity index (χ1v) is 14.5. The molecule has 41 heavy (non-hydrogen) atoms. The van der Waals surface area contributed by atoms with Gasteiger partial charge in [-0.3, -0.25) is 9.69 Å². The average molecular weight is 569 g/mol. The number of fused-ring (bicyclic) bond motifs is 1. The number of carbonyl (C=O) groups is 1. The zero-order chi connectivity index (χ0) is 28.2. The molecule has 0 bridgehead atoms. The Morgan fingerprint density at radius 3 is 2.63 bits per heavy atom. The van der Waals surface area contributed by atoms with Gasteiger partial charge in [0.15, 0.2) is 5.65 Å². The number of hydrogen-bond acceptors (Lipinski definition) is 6. The van der Waals surface area contributed by atoms with Crippen molar-refractivity contribution in [2.45, 2.75) is 26.2 Å². The van der Waals surface area contributed by atoms with Gasteiger partial charge in [-0.2, -0.15) is 4.98 Å². The van der Waals surface area contributed by atoms with E-state index in [2.05, 4.69) is 27.4 Å². The molecular weight excluding hydrogens is 536 g/mol. The van der Waals surface area contributed by atoms with Crippen molar-refractivity contribution in [3.05, 3.63) is 101 Å². The van der Waals surface area contributed by atoms with E-state index in [-0.39, 0.29) is 11.8 Å². The molecule has 4 aromatic rings. The SMILES string of the molecule is CC1CC(c2cccc3nc(Nc4ccc(OCCN5CCCC5)cc4)nn23)=CC=C1NC(=O)c1cccc(Cl)c1. The fraction of sp³-hybridized carbons (Fsp3) is 0.281. The number of carbonyl (C=O) groups excluding carboxylic acids is 1. The van der Waals surface area contributed by atoms with Crippen LogP contribution in [0.3, 0.4) is 0 Å². The molecule has 210 valence electrons. The van der Waals surface area contributed by atoms with E-state index in [0.717, 1.165) is 47.0 Å². The van der Waals surface area contributed by atoms with Gasteiger partial charge in [0.05, 0.1) is 5.69 Å². The highest BCUT2D eigenvalue weighted by atomic mass is 35.5. The molecule has 1 aliphatic carbocycles. The van der Waals surface area contributed by atoms with Crippen molar-refractivity contribution in [2.24, 2.45) is 5.92 Å². The monoisotopic (exact) mass is 568 g/mol. The smallest absolute Gasteiger partial charge is 0.255 e. The number of hydrogen-bond donors (Lipinski definition) is 2. The molecule has 1 fully saturated rings. The van der Waals surface area contributed by atoms with Crippen molar-refractivity contribution >= 4 is 40.4 Å². The lowest BCUT2D eigenvalue weighted by atomic mass is 9.90. The van der Waals surface area contributed by atoms with Gasteiger partial charge in [0.1, 0.15) is 12.4 Å². The van der Waals surface area contributed by atoms with Crippen molar-refractivity contribution < 1.29 is 9.53 Å². The van der Waals surface area contributed by atoms with E-state index in [9.17, 15) is 4.79 Å². The molecular formula is C32H33ClN6O2. The van der Waals surface area contributed by atoms with Crippen LogP contribution in [0.2, 0.25) is 5.02 Å². The van der Waals surface area contributed by atoms with Gasteiger partial charge < -0.3 is 15.4 Å².